The predicted octanol–water partition coefficient (Wildman–Crippen LogP) is 5.25. The highest BCUT2D eigenvalue weighted by Crippen LogP contribution is 2.44. The lowest BCUT2D eigenvalue weighted by Crippen LogP contribution is -2.24. The fraction of sp³-hybridized carbons (Fsp3) is 0.364. The van der Waals surface area contributed by atoms with Crippen LogP contribution >= 0.6 is 0 Å². The topological polar surface area (TPSA) is 87.1 Å². The van der Waals surface area contributed by atoms with Gasteiger partial charge < -0.3 is 19.8 Å². The van der Waals surface area contributed by atoms with E-state index in [1.165, 1.54) is 20.9 Å². The molecule has 0 aliphatic rings. The first-order valence-corrected chi connectivity index (χ1v) is 9.45. The lowest BCUT2D eigenvalue weighted by molar-refractivity contribution is -0.140. The Kier molecular flexibility index (Phi) is 7.20. The average molecular weight is 439 g/mol. The number of amides is 1. The second-order valence-corrected chi connectivity index (χ2v) is 7.54. The molecule has 2 rings (SSSR count). The van der Waals surface area contributed by atoms with E-state index < -0.39 is 46.6 Å². The van der Waals surface area contributed by atoms with Crippen molar-refractivity contribution in [1.82, 2.24) is 4.90 Å². The van der Waals surface area contributed by atoms with Crippen LogP contribution in [0.3, 0.4) is 0 Å². The van der Waals surface area contributed by atoms with E-state index in [-0.39, 0.29) is 13.2 Å². The first kappa shape index (κ1) is 24.0. The number of carbonyl (C=O) groups is 2. The van der Waals surface area contributed by atoms with Crippen molar-refractivity contribution in [3.05, 3.63) is 58.1 Å². The monoisotopic (exact) mass is 439 g/mol. The van der Waals surface area contributed by atoms with Gasteiger partial charge in [0.25, 0.3) is 0 Å². The van der Waals surface area contributed by atoms with Crippen molar-refractivity contribution >= 4 is 11.9 Å². The number of ether oxygens (including phenoxy) is 1. The first-order chi connectivity index (χ1) is 14.3. The van der Waals surface area contributed by atoms with Gasteiger partial charge >= 0.3 is 12.3 Å². The molecule has 0 atom stereocenters. The van der Waals surface area contributed by atoms with Crippen molar-refractivity contribution in [3.63, 3.8) is 0 Å². The van der Waals surface area contributed by atoms with E-state index in [1.807, 2.05) is 0 Å². The largest absolute Gasteiger partial charge is 0.506 e. The fourth-order valence-electron chi connectivity index (χ4n) is 2.99. The first-order valence-electron chi connectivity index (χ1n) is 9.45. The van der Waals surface area contributed by atoms with Crippen LogP contribution in [-0.4, -0.2) is 34.0 Å². The van der Waals surface area contributed by atoms with E-state index in [1.54, 1.807) is 25.1 Å². The van der Waals surface area contributed by atoms with E-state index in [0.717, 1.165) is 28.2 Å². The van der Waals surface area contributed by atoms with Crippen LogP contribution in [-0.2, 0) is 19.3 Å². The number of carbonyl (C=O) groups excluding carboxylic acids is 1. The molecule has 0 fully saturated rings. The molecular formula is C22H24F3NO5. The van der Waals surface area contributed by atoms with Crippen molar-refractivity contribution in [2.45, 2.75) is 40.1 Å². The zero-order valence-corrected chi connectivity index (χ0v) is 17.6. The highest BCUT2D eigenvalue weighted by molar-refractivity contribution is 6.00. The van der Waals surface area contributed by atoms with Gasteiger partial charge in [0, 0.05) is 19.5 Å². The summed E-state index contributed by atoms with van der Waals surface area (Å²) in [6.45, 7) is 4.77. The van der Waals surface area contributed by atoms with E-state index in [9.17, 15) is 27.9 Å². The van der Waals surface area contributed by atoms with Gasteiger partial charge in [-0.05, 0) is 35.7 Å². The molecule has 0 saturated heterocycles. The van der Waals surface area contributed by atoms with Crippen LogP contribution in [0.2, 0.25) is 0 Å². The third-order valence-corrected chi connectivity index (χ3v) is 4.75. The molecule has 168 valence electrons. The van der Waals surface area contributed by atoms with Gasteiger partial charge in [-0.2, -0.15) is 13.2 Å². The number of aryl methyl sites for hydroxylation is 1. The number of benzene rings is 2. The average Bonchev–Trinajstić information content (AvgIpc) is 2.66. The van der Waals surface area contributed by atoms with Gasteiger partial charge in [-0.3, -0.25) is 4.79 Å². The fourth-order valence-corrected chi connectivity index (χ4v) is 2.99. The van der Waals surface area contributed by atoms with Crippen molar-refractivity contribution in [1.29, 1.82) is 0 Å². The number of aromatic hydroxyl groups is 1. The second kappa shape index (κ2) is 9.28. The predicted molar refractivity (Wildman–Crippen MR) is 107 cm³/mol. The van der Waals surface area contributed by atoms with Gasteiger partial charge in [-0.1, -0.05) is 32.0 Å². The maximum absolute atomic E-state index is 13.6. The van der Waals surface area contributed by atoms with E-state index in [0.29, 0.717) is 5.56 Å². The van der Waals surface area contributed by atoms with E-state index in [4.69, 9.17) is 9.84 Å². The van der Waals surface area contributed by atoms with Gasteiger partial charge in [0.1, 0.15) is 23.7 Å². The van der Waals surface area contributed by atoms with Crippen LogP contribution in [0.1, 0.15) is 46.5 Å². The summed E-state index contributed by atoms with van der Waals surface area (Å²) in [7, 11) is 1.43. The third-order valence-electron chi connectivity index (χ3n) is 4.75. The normalized spacial score (nSPS) is 11.5. The summed E-state index contributed by atoms with van der Waals surface area (Å²) in [4.78, 5) is 24.2. The lowest BCUT2D eigenvalue weighted by atomic mass is 9.97. The lowest BCUT2D eigenvalue weighted by Gasteiger charge is -2.18. The summed E-state index contributed by atoms with van der Waals surface area (Å²) in [5.74, 6) is -2.92. The molecular weight excluding hydrogens is 415 g/mol. The third kappa shape index (κ3) is 5.68. The molecule has 0 spiro atoms. The highest BCUT2D eigenvalue weighted by Gasteiger charge is 2.39. The van der Waals surface area contributed by atoms with Crippen molar-refractivity contribution in [2.75, 3.05) is 7.05 Å². The summed E-state index contributed by atoms with van der Waals surface area (Å²) < 4.78 is 46.1. The Hall–Kier alpha value is -3.23. The Morgan fingerprint density at radius 2 is 1.81 bits per heavy atom. The van der Waals surface area contributed by atoms with E-state index in [2.05, 4.69) is 0 Å². The standard InChI is InChI=1S/C22H24F3NO5/c1-12(2)19(27)16-7-8-17(18(20(16)28)22(23,24)25)31-11-14-5-6-15(13(3)9-14)10-26(4)21(29)30/h5-9,12,28H,10-11H2,1-4H3,(H,29,30). The number of rotatable bonds is 7. The number of Topliss-reactive ketones (excluding diaryl/α,β-unsaturated/α-hetero) is 1. The number of nitrogens with zero attached hydrogens (tertiary/aromatic N) is 1. The summed E-state index contributed by atoms with van der Waals surface area (Å²) in [6.07, 6.45) is -6.00. The summed E-state index contributed by atoms with van der Waals surface area (Å²) in [5.41, 5.74) is 0.270. The van der Waals surface area contributed by atoms with Gasteiger partial charge in [0.2, 0.25) is 0 Å². The Balaban J connectivity index is 2.29. The van der Waals surface area contributed by atoms with Gasteiger partial charge in [0.05, 0.1) is 5.56 Å². The zero-order chi connectivity index (χ0) is 23.5. The SMILES string of the molecule is Cc1cc(COc2ccc(C(=O)C(C)C)c(O)c2C(F)(F)F)ccc1CN(C)C(=O)O. The Labute approximate surface area is 177 Å². The van der Waals surface area contributed by atoms with Gasteiger partial charge in [-0.15, -0.1) is 0 Å². The highest BCUT2D eigenvalue weighted by atomic mass is 19.4. The molecule has 9 heteroatoms. The molecule has 2 aromatic carbocycles. The van der Waals surface area contributed by atoms with Crippen LogP contribution in [0.4, 0.5) is 18.0 Å². The van der Waals surface area contributed by atoms with Crippen LogP contribution < -0.4 is 4.74 Å². The second-order valence-electron chi connectivity index (χ2n) is 7.54. The Bertz CT molecular complexity index is 986. The quantitative estimate of drug-likeness (QED) is 0.576. The molecule has 0 aromatic heterocycles. The van der Waals surface area contributed by atoms with Crippen molar-refractivity contribution < 1.29 is 37.7 Å². The smallest absolute Gasteiger partial charge is 0.423 e. The molecule has 31 heavy (non-hydrogen) atoms. The van der Waals surface area contributed by atoms with Crippen molar-refractivity contribution in [3.8, 4) is 11.5 Å². The molecule has 0 radical (unpaired) electrons. The Morgan fingerprint density at radius 3 is 2.32 bits per heavy atom. The number of ketones is 1. The number of carboxylic acid groups (broad SMARTS) is 1. The molecule has 0 aliphatic heterocycles. The minimum atomic E-state index is -4.92. The van der Waals surface area contributed by atoms with Gasteiger partial charge in [0.15, 0.2) is 5.78 Å². The summed E-state index contributed by atoms with van der Waals surface area (Å²) in [5, 5.41) is 19.1. The Morgan fingerprint density at radius 1 is 1.16 bits per heavy atom. The molecule has 0 aliphatic carbocycles. The number of hydrogen-bond donors (Lipinski definition) is 2. The van der Waals surface area contributed by atoms with Crippen LogP contribution in [0.15, 0.2) is 30.3 Å². The van der Waals surface area contributed by atoms with Crippen LogP contribution in [0, 0.1) is 12.8 Å². The zero-order valence-electron chi connectivity index (χ0n) is 17.6. The molecule has 0 unspecified atom stereocenters. The van der Waals surface area contributed by atoms with Crippen LogP contribution in [0.25, 0.3) is 0 Å². The summed E-state index contributed by atoms with van der Waals surface area (Å²) in [6, 6.07) is 7.15. The maximum atomic E-state index is 13.6. The molecule has 2 aromatic rings. The number of phenolic OH excluding ortho intramolecular Hbond substituents is 1. The maximum Gasteiger partial charge on any atom is 0.423 e. The van der Waals surface area contributed by atoms with E-state index >= 15 is 0 Å². The summed E-state index contributed by atoms with van der Waals surface area (Å²) >= 11 is 0. The molecule has 6 nitrogen and oxygen atoms in total. The minimum Gasteiger partial charge on any atom is -0.506 e. The number of halogens is 3. The number of phenols is 1. The number of hydrogen-bond acceptors (Lipinski definition) is 4. The van der Waals surface area contributed by atoms with Gasteiger partial charge in [-0.25, -0.2) is 4.79 Å². The van der Waals surface area contributed by atoms with Crippen molar-refractivity contribution in [2.24, 2.45) is 5.92 Å². The molecule has 1 amide bonds. The minimum absolute atomic E-state index is 0.166. The number of alkyl halides is 3. The molecule has 0 bridgehead atoms. The molecule has 0 heterocycles. The molecule has 2 N–H and O–H groups in total. The molecule has 0 saturated carbocycles. The van der Waals surface area contributed by atoms with Crippen LogP contribution in [0.5, 0.6) is 11.5 Å².